The van der Waals surface area contributed by atoms with Crippen LogP contribution in [0.15, 0.2) is 54.3 Å². The number of allylic oxidation sites excluding steroid dienone is 2. The van der Waals surface area contributed by atoms with Crippen molar-refractivity contribution in [2.24, 2.45) is 21.7 Å². The number of aliphatic hydroxyl groups is 1. The summed E-state index contributed by atoms with van der Waals surface area (Å²) in [6, 6.07) is 18.8. The maximum absolute atomic E-state index is 12.5. The van der Waals surface area contributed by atoms with Crippen LogP contribution in [0.3, 0.4) is 0 Å². The number of fused-ring (bicyclic) bond motifs is 1. The molecule has 1 aliphatic rings. The van der Waals surface area contributed by atoms with Gasteiger partial charge in [-0.1, -0.05) is 120 Å². The van der Waals surface area contributed by atoms with Gasteiger partial charge in [-0.15, -0.1) is 34.9 Å². The van der Waals surface area contributed by atoms with Gasteiger partial charge in [0.15, 0.2) is 5.78 Å². The molecule has 3 aromatic rings. The third-order valence-electron chi connectivity index (χ3n) is 8.54. The third kappa shape index (κ3) is 11.5. The zero-order chi connectivity index (χ0) is 33.1. The van der Waals surface area contributed by atoms with Gasteiger partial charge in [0.25, 0.3) is 0 Å². The van der Waals surface area contributed by atoms with Gasteiger partial charge in [-0.05, 0) is 59.8 Å². The van der Waals surface area contributed by atoms with Gasteiger partial charge in [0.1, 0.15) is 5.76 Å². The molecule has 0 atom stereocenters. The Bertz CT molecular complexity index is 1460. The summed E-state index contributed by atoms with van der Waals surface area (Å²) in [4.78, 5) is 17.5. The van der Waals surface area contributed by atoms with E-state index in [9.17, 15) is 9.90 Å². The number of carbonyl (C=O) groups is 1. The summed E-state index contributed by atoms with van der Waals surface area (Å²) in [6.45, 7) is 25.0. The summed E-state index contributed by atoms with van der Waals surface area (Å²) in [7, 11) is 0. The fraction of sp³-hybridized carbons (Fsp3) is 0.561. The van der Waals surface area contributed by atoms with Crippen LogP contribution in [0.2, 0.25) is 0 Å². The van der Waals surface area contributed by atoms with Crippen molar-refractivity contribution in [3.63, 3.8) is 0 Å². The number of rotatable bonds is 7. The number of para-hydroxylation sites is 1. The van der Waals surface area contributed by atoms with E-state index in [-0.39, 0.29) is 47.9 Å². The van der Waals surface area contributed by atoms with E-state index in [0.29, 0.717) is 5.92 Å². The number of aliphatic hydroxyl groups excluding tert-OH is 1. The number of carbonyl (C=O) groups excluding carboxylic acids is 1. The van der Waals surface area contributed by atoms with E-state index < -0.39 is 5.41 Å². The number of hydrogen-bond acceptors (Lipinski definition) is 3. The van der Waals surface area contributed by atoms with Crippen molar-refractivity contribution in [2.75, 3.05) is 0 Å². The van der Waals surface area contributed by atoms with E-state index in [4.69, 9.17) is 4.98 Å². The van der Waals surface area contributed by atoms with Crippen LogP contribution in [0.4, 0.5) is 0 Å². The Morgan fingerprint density at radius 3 is 1.98 bits per heavy atom. The third-order valence-corrected chi connectivity index (χ3v) is 8.54. The van der Waals surface area contributed by atoms with Crippen molar-refractivity contribution in [3.05, 3.63) is 77.1 Å². The zero-order valence-electron chi connectivity index (χ0n) is 30.1. The van der Waals surface area contributed by atoms with Crippen LogP contribution in [0.1, 0.15) is 130 Å². The molecule has 0 bridgehead atoms. The number of aryl methyl sites for hydroxylation is 2. The maximum Gasteiger partial charge on any atom is 0.164 e. The Morgan fingerprint density at radius 1 is 0.867 bits per heavy atom. The van der Waals surface area contributed by atoms with E-state index >= 15 is 0 Å². The molecule has 0 unspecified atom stereocenters. The SMILES string of the molecule is CC(C)(C)CC(C)(C)C(=O)/C=C(\O)C(C)(C)CC(C)(C)C.Cc1[c-]c(-c2cc(C3CCCC3)c3ccccc3n2)cc(C)c1.[Ir]. The van der Waals surface area contributed by atoms with Crippen LogP contribution in [0, 0.1) is 41.6 Å². The molecule has 4 rings (SSSR count). The van der Waals surface area contributed by atoms with Gasteiger partial charge in [0.2, 0.25) is 0 Å². The van der Waals surface area contributed by atoms with Crippen LogP contribution in [0.5, 0.6) is 0 Å². The fourth-order valence-corrected chi connectivity index (χ4v) is 7.29. The van der Waals surface area contributed by atoms with Gasteiger partial charge in [0.05, 0.1) is 5.52 Å². The molecule has 0 saturated heterocycles. The van der Waals surface area contributed by atoms with Crippen molar-refractivity contribution < 1.29 is 30.0 Å². The largest absolute Gasteiger partial charge is 0.512 e. The number of nitrogens with zero attached hydrogens (tertiary/aromatic N) is 1. The molecule has 1 aliphatic carbocycles. The molecule has 2 aromatic carbocycles. The molecule has 1 radical (unpaired) electrons. The minimum atomic E-state index is -0.454. The molecule has 45 heavy (non-hydrogen) atoms. The van der Waals surface area contributed by atoms with Crippen molar-refractivity contribution in [3.8, 4) is 11.3 Å². The summed E-state index contributed by atoms with van der Waals surface area (Å²) in [5, 5.41) is 11.7. The number of hydrogen-bond donors (Lipinski definition) is 1. The zero-order valence-corrected chi connectivity index (χ0v) is 32.5. The minimum Gasteiger partial charge on any atom is -0.512 e. The molecule has 1 N–H and O–H groups in total. The van der Waals surface area contributed by atoms with E-state index in [1.165, 1.54) is 53.8 Å². The summed E-state index contributed by atoms with van der Waals surface area (Å²) in [6.07, 6.45) is 8.40. The molecular formula is C41H58IrNO2-. The molecule has 3 nitrogen and oxygen atoms in total. The first-order valence-electron chi connectivity index (χ1n) is 16.5. The molecule has 4 heteroatoms. The van der Waals surface area contributed by atoms with Gasteiger partial charge in [-0.2, -0.15) is 0 Å². The molecule has 1 aromatic heterocycles. The average Bonchev–Trinajstić information content (AvgIpc) is 3.40. The molecule has 249 valence electrons. The predicted octanol–water partition coefficient (Wildman–Crippen LogP) is 11.9. The van der Waals surface area contributed by atoms with Crippen LogP contribution in [0.25, 0.3) is 22.2 Å². The molecule has 0 spiro atoms. The summed E-state index contributed by atoms with van der Waals surface area (Å²) < 4.78 is 0. The molecule has 1 heterocycles. The van der Waals surface area contributed by atoms with Crippen molar-refractivity contribution in [1.82, 2.24) is 4.98 Å². The summed E-state index contributed by atoms with van der Waals surface area (Å²) >= 11 is 0. The van der Waals surface area contributed by atoms with Crippen molar-refractivity contribution in [1.29, 1.82) is 0 Å². The Kier molecular flexibility index (Phi) is 13.0. The first-order chi connectivity index (χ1) is 20.2. The minimum absolute atomic E-state index is 0. The Hall–Kier alpha value is -2.29. The van der Waals surface area contributed by atoms with E-state index in [1.54, 1.807) is 0 Å². The average molecular weight is 789 g/mol. The van der Waals surface area contributed by atoms with Crippen LogP contribution in [-0.2, 0) is 24.9 Å². The van der Waals surface area contributed by atoms with Crippen molar-refractivity contribution >= 4 is 16.7 Å². The van der Waals surface area contributed by atoms with Crippen LogP contribution < -0.4 is 0 Å². The number of benzene rings is 2. The van der Waals surface area contributed by atoms with E-state index in [0.717, 1.165) is 29.6 Å². The first-order valence-corrected chi connectivity index (χ1v) is 16.5. The molecule has 1 saturated carbocycles. The standard InChI is InChI=1S/C22H22N.C19H36O2.Ir/c1-15-11-16(2)13-18(12-15)22-14-20(17-7-3-4-8-17)19-9-5-6-10-21(19)23-22;1-16(2,3)12-18(7,8)14(20)11-15(21)19(9,10)13-17(4,5)6;/h5-6,9-12,14,17H,3-4,7-8H2,1-2H3;11,20H,12-13H2,1-10H3;/q-1;;/b;14-11-;. The van der Waals surface area contributed by atoms with E-state index in [2.05, 4.69) is 104 Å². The predicted molar refractivity (Wildman–Crippen MR) is 188 cm³/mol. The maximum atomic E-state index is 12.5. The van der Waals surface area contributed by atoms with Gasteiger partial charge >= 0.3 is 0 Å². The van der Waals surface area contributed by atoms with E-state index in [1.807, 2.05) is 27.7 Å². The van der Waals surface area contributed by atoms with Crippen LogP contribution >= 0.6 is 0 Å². The first kappa shape index (κ1) is 38.9. The monoisotopic (exact) mass is 789 g/mol. The summed E-state index contributed by atoms with van der Waals surface area (Å²) in [5.41, 5.74) is 6.58. The van der Waals surface area contributed by atoms with Gasteiger partial charge in [0, 0.05) is 42.4 Å². The number of pyridine rings is 1. The molecule has 0 aliphatic heterocycles. The second-order valence-corrected chi connectivity index (χ2v) is 17.0. The second-order valence-electron chi connectivity index (χ2n) is 17.0. The quantitative estimate of drug-likeness (QED) is 0.147. The normalized spacial score (nSPS) is 15.0. The molecule has 1 fully saturated rings. The Morgan fingerprint density at radius 2 is 1.42 bits per heavy atom. The second kappa shape index (κ2) is 15.1. The van der Waals surface area contributed by atoms with Gasteiger partial charge < -0.3 is 5.11 Å². The smallest absolute Gasteiger partial charge is 0.164 e. The Balaban J connectivity index is 0.000000309. The molecular weight excluding hydrogens is 731 g/mol. The van der Waals surface area contributed by atoms with Gasteiger partial charge in [-0.25, -0.2) is 0 Å². The van der Waals surface area contributed by atoms with Gasteiger partial charge in [-0.3, -0.25) is 9.78 Å². The number of aromatic nitrogens is 1. The van der Waals surface area contributed by atoms with Crippen molar-refractivity contribution in [2.45, 2.75) is 128 Å². The van der Waals surface area contributed by atoms with Crippen LogP contribution in [-0.4, -0.2) is 15.9 Å². The topological polar surface area (TPSA) is 50.2 Å². The molecule has 0 amide bonds. The fourth-order valence-electron chi connectivity index (χ4n) is 7.29. The Labute approximate surface area is 288 Å². The summed E-state index contributed by atoms with van der Waals surface area (Å²) in [5.74, 6) is 0.897. The number of ketones is 1.